The lowest BCUT2D eigenvalue weighted by molar-refractivity contribution is 0.235. The molecule has 1 saturated heterocycles. The summed E-state index contributed by atoms with van der Waals surface area (Å²) in [7, 11) is 1.56. The molecule has 140 valence electrons. The van der Waals surface area contributed by atoms with Crippen LogP contribution < -0.4 is 15.3 Å². The SMILES string of the molecule is Cc1ccnc(N2CCN(CCCCOc3cnn(C)c(=O)n3)CC2)n1. The quantitative estimate of drug-likeness (QED) is 0.650. The largest absolute Gasteiger partial charge is 0.476 e. The van der Waals surface area contributed by atoms with Crippen LogP contribution in [0.4, 0.5) is 5.95 Å². The van der Waals surface area contributed by atoms with E-state index < -0.39 is 5.69 Å². The molecule has 1 aliphatic heterocycles. The molecule has 3 heterocycles. The van der Waals surface area contributed by atoms with Gasteiger partial charge in [0.15, 0.2) is 0 Å². The van der Waals surface area contributed by atoms with Crippen LogP contribution in [0.2, 0.25) is 0 Å². The minimum Gasteiger partial charge on any atom is -0.476 e. The van der Waals surface area contributed by atoms with Crippen LogP contribution in [0, 0.1) is 6.92 Å². The summed E-state index contributed by atoms with van der Waals surface area (Å²) in [4.78, 5) is 28.7. The first-order valence-electron chi connectivity index (χ1n) is 8.92. The van der Waals surface area contributed by atoms with Gasteiger partial charge in [-0.15, -0.1) is 0 Å². The Balaban J connectivity index is 1.33. The molecule has 0 spiro atoms. The van der Waals surface area contributed by atoms with Crippen molar-refractivity contribution in [3.8, 4) is 5.88 Å². The van der Waals surface area contributed by atoms with Gasteiger partial charge in [-0.3, -0.25) is 4.90 Å². The summed E-state index contributed by atoms with van der Waals surface area (Å²) in [6, 6.07) is 1.92. The van der Waals surface area contributed by atoms with Crippen molar-refractivity contribution >= 4 is 5.95 Å². The molecular weight excluding hydrogens is 334 g/mol. The van der Waals surface area contributed by atoms with Crippen LogP contribution in [0.5, 0.6) is 5.88 Å². The van der Waals surface area contributed by atoms with Gasteiger partial charge in [0, 0.05) is 45.1 Å². The van der Waals surface area contributed by atoms with E-state index in [0.717, 1.165) is 57.2 Å². The Hall–Kier alpha value is -2.55. The highest BCUT2D eigenvalue weighted by Gasteiger charge is 2.18. The first-order valence-corrected chi connectivity index (χ1v) is 8.92. The Kier molecular flexibility index (Phi) is 6.11. The summed E-state index contributed by atoms with van der Waals surface area (Å²) in [6.07, 6.45) is 5.24. The molecule has 0 aromatic carbocycles. The topological polar surface area (TPSA) is 89.3 Å². The number of anilines is 1. The van der Waals surface area contributed by atoms with Crippen LogP contribution in [0.1, 0.15) is 18.5 Å². The Morgan fingerprint density at radius 3 is 2.69 bits per heavy atom. The smallest absolute Gasteiger partial charge is 0.366 e. The lowest BCUT2D eigenvalue weighted by atomic mass is 10.2. The molecule has 9 nitrogen and oxygen atoms in total. The van der Waals surface area contributed by atoms with Gasteiger partial charge in [-0.1, -0.05) is 0 Å². The van der Waals surface area contributed by atoms with E-state index in [4.69, 9.17) is 4.74 Å². The normalized spacial score (nSPS) is 15.2. The summed E-state index contributed by atoms with van der Waals surface area (Å²) in [6.45, 7) is 7.48. The summed E-state index contributed by atoms with van der Waals surface area (Å²) in [5, 5.41) is 3.88. The van der Waals surface area contributed by atoms with Crippen molar-refractivity contribution < 1.29 is 4.74 Å². The van der Waals surface area contributed by atoms with E-state index in [1.165, 1.54) is 10.9 Å². The zero-order chi connectivity index (χ0) is 18.4. The lowest BCUT2D eigenvalue weighted by Crippen LogP contribution is -2.47. The van der Waals surface area contributed by atoms with E-state index in [-0.39, 0.29) is 0 Å². The zero-order valence-electron chi connectivity index (χ0n) is 15.3. The standard InChI is InChI=1S/C17H25N7O2/c1-14-5-6-18-16(20-14)24-10-8-23(9-11-24)7-3-4-12-26-15-13-19-22(2)17(25)21-15/h5-6,13H,3-4,7-12H2,1-2H3. The number of nitrogens with zero attached hydrogens (tertiary/aromatic N) is 7. The minimum atomic E-state index is -0.405. The van der Waals surface area contributed by atoms with Crippen molar-refractivity contribution in [3.63, 3.8) is 0 Å². The van der Waals surface area contributed by atoms with Crippen molar-refractivity contribution in [3.05, 3.63) is 34.6 Å². The van der Waals surface area contributed by atoms with E-state index in [2.05, 4.69) is 29.9 Å². The fourth-order valence-corrected chi connectivity index (χ4v) is 2.82. The molecule has 0 radical (unpaired) electrons. The third kappa shape index (κ3) is 4.98. The summed E-state index contributed by atoms with van der Waals surface area (Å²) in [5.74, 6) is 1.12. The number of hydrogen-bond donors (Lipinski definition) is 0. The molecule has 2 aromatic heterocycles. The second kappa shape index (κ2) is 8.70. The zero-order valence-corrected chi connectivity index (χ0v) is 15.3. The van der Waals surface area contributed by atoms with E-state index in [1.807, 2.05) is 19.2 Å². The molecule has 0 saturated carbocycles. The van der Waals surface area contributed by atoms with Gasteiger partial charge in [0.25, 0.3) is 0 Å². The average Bonchev–Trinajstić information content (AvgIpc) is 2.65. The molecular formula is C17H25N7O2. The Morgan fingerprint density at radius 1 is 1.15 bits per heavy atom. The van der Waals surface area contributed by atoms with E-state index in [1.54, 1.807) is 7.05 Å². The summed E-state index contributed by atoms with van der Waals surface area (Å²) in [5.41, 5.74) is 0.594. The molecule has 26 heavy (non-hydrogen) atoms. The first-order chi connectivity index (χ1) is 12.6. The molecule has 9 heteroatoms. The average molecular weight is 359 g/mol. The second-order valence-corrected chi connectivity index (χ2v) is 6.38. The summed E-state index contributed by atoms with van der Waals surface area (Å²) >= 11 is 0. The molecule has 3 rings (SSSR count). The third-order valence-electron chi connectivity index (χ3n) is 4.38. The number of rotatable bonds is 7. The fraction of sp³-hybridized carbons (Fsp3) is 0.588. The van der Waals surface area contributed by atoms with E-state index in [9.17, 15) is 4.79 Å². The van der Waals surface area contributed by atoms with Gasteiger partial charge in [-0.05, 0) is 32.4 Å². The molecule has 0 unspecified atom stereocenters. The van der Waals surface area contributed by atoms with Crippen molar-refractivity contribution in [2.45, 2.75) is 19.8 Å². The third-order valence-corrected chi connectivity index (χ3v) is 4.38. The van der Waals surface area contributed by atoms with Crippen molar-refractivity contribution in [2.75, 3.05) is 44.2 Å². The predicted molar refractivity (Wildman–Crippen MR) is 97.4 cm³/mol. The minimum absolute atomic E-state index is 0.292. The number of ether oxygens (including phenoxy) is 1. The van der Waals surface area contributed by atoms with Crippen molar-refractivity contribution in [1.82, 2.24) is 29.6 Å². The van der Waals surface area contributed by atoms with Gasteiger partial charge >= 0.3 is 5.69 Å². The van der Waals surface area contributed by atoms with Gasteiger partial charge < -0.3 is 9.64 Å². The van der Waals surface area contributed by atoms with E-state index in [0.29, 0.717) is 12.5 Å². The van der Waals surface area contributed by atoms with Crippen LogP contribution >= 0.6 is 0 Å². The molecule has 0 amide bonds. The van der Waals surface area contributed by atoms with Crippen LogP contribution in [-0.2, 0) is 7.05 Å². The highest BCUT2D eigenvalue weighted by Crippen LogP contribution is 2.11. The Morgan fingerprint density at radius 2 is 1.96 bits per heavy atom. The lowest BCUT2D eigenvalue weighted by Gasteiger charge is -2.34. The summed E-state index contributed by atoms with van der Waals surface area (Å²) < 4.78 is 6.66. The maximum Gasteiger partial charge on any atom is 0.366 e. The number of unbranched alkanes of at least 4 members (excludes halogenated alkanes) is 1. The Labute approximate surface area is 152 Å². The molecule has 1 fully saturated rings. The van der Waals surface area contributed by atoms with Gasteiger partial charge in [0.05, 0.1) is 6.61 Å². The van der Waals surface area contributed by atoms with Gasteiger partial charge in [-0.2, -0.15) is 10.1 Å². The molecule has 0 bridgehead atoms. The maximum atomic E-state index is 11.4. The van der Waals surface area contributed by atoms with Crippen molar-refractivity contribution in [1.29, 1.82) is 0 Å². The highest BCUT2D eigenvalue weighted by atomic mass is 16.5. The molecule has 0 aliphatic carbocycles. The Bertz CT molecular complexity index is 772. The fourth-order valence-electron chi connectivity index (χ4n) is 2.82. The van der Waals surface area contributed by atoms with Crippen LogP contribution in [0.3, 0.4) is 0 Å². The molecule has 2 aromatic rings. The monoisotopic (exact) mass is 359 g/mol. The number of aromatic nitrogens is 5. The van der Waals surface area contributed by atoms with E-state index >= 15 is 0 Å². The number of piperazine rings is 1. The molecule has 0 atom stereocenters. The maximum absolute atomic E-state index is 11.4. The number of hydrogen-bond acceptors (Lipinski definition) is 8. The van der Waals surface area contributed by atoms with Gasteiger partial charge in [0.1, 0.15) is 6.20 Å². The second-order valence-electron chi connectivity index (χ2n) is 6.38. The molecule has 1 aliphatic rings. The van der Waals surface area contributed by atoms with Crippen LogP contribution in [0.25, 0.3) is 0 Å². The van der Waals surface area contributed by atoms with Gasteiger partial charge in [0.2, 0.25) is 11.8 Å². The van der Waals surface area contributed by atoms with Crippen molar-refractivity contribution in [2.24, 2.45) is 7.05 Å². The predicted octanol–water partition coefficient (Wildman–Crippen LogP) is 0.255. The van der Waals surface area contributed by atoms with Crippen LogP contribution in [-0.4, -0.2) is 69.0 Å². The highest BCUT2D eigenvalue weighted by molar-refractivity contribution is 5.30. The first kappa shape index (κ1) is 18.2. The molecule has 0 N–H and O–H groups in total. The van der Waals surface area contributed by atoms with Crippen LogP contribution in [0.15, 0.2) is 23.3 Å². The number of aryl methyl sites for hydroxylation is 2. The van der Waals surface area contributed by atoms with Gasteiger partial charge in [-0.25, -0.2) is 19.4 Å².